The summed E-state index contributed by atoms with van der Waals surface area (Å²) in [6, 6.07) is 6.18. The highest BCUT2D eigenvalue weighted by Gasteiger charge is 2.49. The van der Waals surface area contributed by atoms with Gasteiger partial charge in [-0.3, -0.25) is 4.79 Å². The minimum Gasteiger partial charge on any atom is -0.322 e. The zero-order valence-electron chi connectivity index (χ0n) is 17.3. The summed E-state index contributed by atoms with van der Waals surface area (Å²) >= 11 is 0. The minimum absolute atomic E-state index is 0.116. The van der Waals surface area contributed by atoms with Gasteiger partial charge in [0.05, 0.1) is 18.5 Å². The van der Waals surface area contributed by atoms with Crippen molar-refractivity contribution < 1.29 is 4.79 Å². The molecule has 1 atom stereocenters. The topological polar surface area (TPSA) is 29.1 Å². The van der Waals surface area contributed by atoms with Crippen molar-refractivity contribution in [2.24, 2.45) is 0 Å². The van der Waals surface area contributed by atoms with Gasteiger partial charge in [-0.1, -0.05) is 56.5 Å². The molecule has 1 aliphatic heterocycles. The van der Waals surface area contributed by atoms with Gasteiger partial charge in [0.2, 0.25) is 0 Å². The normalized spacial score (nSPS) is 17.8. The lowest BCUT2D eigenvalue weighted by Crippen LogP contribution is -2.35. The number of para-hydroxylation sites is 1. The van der Waals surface area contributed by atoms with E-state index >= 15 is 0 Å². The van der Waals surface area contributed by atoms with E-state index in [0.717, 1.165) is 29.4 Å². The molecule has 146 valence electrons. The zero-order valence-corrected chi connectivity index (χ0v) is 18.2. The maximum absolute atomic E-state index is 13.4. The van der Waals surface area contributed by atoms with E-state index in [-0.39, 0.29) is 11.6 Å². The first-order valence-electron chi connectivity index (χ1n) is 10.1. The number of rotatable bonds is 8. The van der Waals surface area contributed by atoms with Crippen LogP contribution in [-0.4, -0.2) is 30.1 Å². The Bertz CT molecular complexity index is 693. The lowest BCUT2D eigenvalue weighted by atomic mass is 10.1. The largest absolute Gasteiger partial charge is 0.322 e. The molecule has 0 spiro atoms. The van der Waals surface area contributed by atoms with Crippen molar-refractivity contribution in [2.75, 3.05) is 23.8 Å². The summed E-state index contributed by atoms with van der Waals surface area (Å²) in [6.07, 6.45) is 14.0. The Balaban J connectivity index is 2.33. The van der Waals surface area contributed by atoms with Gasteiger partial charge in [0.25, 0.3) is 5.91 Å². The predicted molar refractivity (Wildman–Crippen MR) is 122 cm³/mol. The quantitative estimate of drug-likeness (QED) is 0.401. The Morgan fingerprint density at radius 2 is 1.81 bits per heavy atom. The monoisotopic (exact) mass is 384 g/mol. The lowest BCUT2D eigenvalue weighted by Gasteiger charge is -2.37. The zero-order chi connectivity index (χ0) is 19.9. The molecule has 0 bridgehead atoms. The van der Waals surface area contributed by atoms with Crippen LogP contribution in [0.5, 0.6) is 0 Å². The van der Waals surface area contributed by atoms with Crippen molar-refractivity contribution in [1.29, 1.82) is 0 Å². The lowest BCUT2D eigenvalue weighted by molar-refractivity contribution is -0.115. The number of benzene rings is 1. The first-order valence-corrected chi connectivity index (χ1v) is 12.6. The van der Waals surface area contributed by atoms with Crippen LogP contribution in [0.3, 0.4) is 0 Å². The van der Waals surface area contributed by atoms with Gasteiger partial charge >= 0.3 is 0 Å². The molecule has 2 rings (SSSR count). The summed E-state index contributed by atoms with van der Waals surface area (Å²) in [4.78, 5) is 13.4. The maximum atomic E-state index is 13.4. The molecular weight excluding hydrogens is 349 g/mol. The Morgan fingerprint density at radius 3 is 2.33 bits per heavy atom. The van der Waals surface area contributed by atoms with E-state index in [1.807, 2.05) is 18.2 Å². The first kappa shape index (κ1) is 21.6. The Hall–Kier alpha value is -1.66. The van der Waals surface area contributed by atoms with Crippen molar-refractivity contribution in [3.8, 4) is 0 Å². The Labute approximate surface area is 166 Å². The number of anilines is 1. The van der Waals surface area contributed by atoms with Crippen molar-refractivity contribution in [1.82, 2.24) is 0 Å². The standard InChI is InChI=1S/C24H34NOP/c1-6-13-21(7-2)18-27(16-10-9-11-17-27)22(8-3)24(26)25-23-19(4)14-12-15-20(23)5/h6-7,12-15,22H,1-2,8-11,16-18H2,3-5H3/p+1/b21-13+. The second-order valence-electron chi connectivity index (χ2n) is 7.75. The van der Waals surface area contributed by atoms with E-state index < -0.39 is 7.26 Å². The van der Waals surface area contributed by atoms with Crippen LogP contribution >= 0.6 is 7.26 Å². The van der Waals surface area contributed by atoms with Gasteiger partial charge in [-0.15, -0.1) is 0 Å². The van der Waals surface area contributed by atoms with Crippen molar-refractivity contribution >= 4 is 18.9 Å². The molecule has 1 unspecified atom stereocenters. The maximum Gasteiger partial charge on any atom is 0.265 e. The number of carbonyl (C=O) groups is 1. The van der Waals surface area contributed by atoms with Crippen LogP contribution in [0, 0.1) is 13.8 Å². The van der Waals surface area contributed by atoms with E-state index in [2.05, 4.69) is 57.5 Å². The van der Waals surface area contributed by atoms with Crippen LogP contribution in [0.4, 0.5) is 5.69 Å². The highest BCUT2D eigenvalue weighted by Crippen LogP contribution is 2.68. The Kier molecular flexibility index (Phi) is 8.05. The summed E-state index contributed by atoms with van der Waals surface area (Å²) in [5.41, 5.74) is 4.60. The summed E-state index contributed by atoms with van der Waals surface area (Å²) in [7, 11) is -1.43. The molecular formula is C24H35NOP+. The van der Waals surface area contributed by atoms with Crippen LogP contribution in [0.25, 0.3) is 0 Å². The number of carbonyl (C=O) groups excluding carboxylic acids is 1. The molecule has 0 radical (unpaired) electrons. The van der Waals surface area contributed by atoms with Crippen LogP contribution in [0.2, 0.25) is 0 Å². The molecule has 2 nitrogen and oxygen atoms in total. The van der Waals surface area contributed by atoms with Gasteiger partial charge in [0, 0.05) is 12.9 Å². The summed E-state index contributed by atoms with van der Waals surface area (Å²) in [5.74, 6) is 0.215. The smallest absolute Gasteiger partial charge is 0.265 e. The van der Waals surface area contributed by atoms with Gasteiger partial charge in [0.15, 0.2) is 0 Å². The van der Waals surface area contributed by atoms with Crippen LogP contribution in [-0.2, 0) is 4.79 Å². The molecule has 1 aliphatic rings. The third-order valence-corrected chi connectivity index (χ3v) is 11.2. The average molecular weight is 385 g/mol. The third kappa shape index (κ3) is 5.20. The average Bonchev–Trinajstić information content (AvgIpc) is 2.66. The third-order valence-electron chi connectivity index (χ3n) is 5.88. The molecule has 1 saturated heterocycles. The summed E-state index contributed by atoms with van der Waals surface area (Å²) in [5, 5.41) is 3.30. The molecule has 3 heteroatoms. The number of hydrogen-bond donors (Lipinski definition) is 1. The van der Waals surface area contributed by atoms with Gasteiger partial charge in [-0.25, -0.2) is 0 Å². The number of amides is 1. The molecule has 1 aromatic rings. The number of hydrogen-bond acceptors (Lipinski definition) is 1. The minimum atomic E-state index is -1.43. The van der Waals surface area contributed by atoms with E-state index in [0.29, 0.717) is 0 Å². The molecule has 1 aromatic carbocycles. The van der Waals surface area contributed by atoms with Gasteiger partial charge in [-0.05, 0) is 56.2 Å². The number of nitrogens with one attached hydrogen (secondary N) is 1. The van der Waals surface area contributed by atoms with Crippen LogP contribution < -0.4 is 5.32 Å². The molecule has 1 fully saturated rings. The molecule has 27 heavy (non-hydrogen) atoms. The van der Waals surface area contributed by atoms with Gasteiger partial charge in [-0.2, -0.15) is 0 Å². The van der Waals surface area contributed by atoms with E-state index in [1.165, 1.54) is 37.2 Å². The number of aryl methyl sites for hydroxylation is 2. The molecule has 0 saturated carbocycles. The van der Waals surface area contributed by atoms with Gasteiger partial charge in [0.1, 0.15) is 5.66 Å². The van der Waals surface area contributed by atoms with E-state index in [4.69, 9.17) is 0 Å². The second kappa shape index (κ2) is 10.0. The van der Waals surface area contributed by atoms with E-state index in [1.54, 1.807) is 0 Å². The summed E-state index contributed by atoms with van der Waals surface area (Å²) in [6.45, 7) is 14.2. The van der Waals surface area contributed by atoms with Crippen LogP contribution in [0.1, 0.15) is 43.7 Å². The van der Waals surface area contributed by atoms with Crippen molar-refractivity contribution in [3.63, 3.8) is 0 Å². The Morgan fingerprint density at radius 1 is 1.19 bits per heavy atom. The SMILES string of the molecule is C=C/C=C(\C=C)C[P+]1(C(CC)C(=O)Nc2c(C)cccc2C)CCCCC1. The predicted octanol–water partition coefficient (Wildman–Crippen LogP) is 6.52. The van der Waals surface area contributed by atoms with Crippen molar-refractivity contribution in [2.45, 2.75) is 52.1 Å². The van der Waals surface area contributed by atoms with E-state index in [9.17, 15) is 4.79 Å². The fourth-order valence-corrected chi connectivity index (χ4v) is 9.85. The first-order chi connectivity index (χ1) is 13.0. The van der Waals surface area contributed by atoms with Crippen LogP contribution in [0.15, 0.2) is 55.2 Å². The molecule has 0 aliphatic carbocycles. The van der Waals surface area contributed by atoms with Gasteiger partial charge < -0.3 is 5.32 Å². The fourth-order valence-electron chi connectivity index (χ4n) is 4.46. The van der Waals surface area contributed by atoms with Crippen molar-refractivity contribution in [3.05, 3.63) is 66.3 Å². The highest BCUT2D eigenvalue weighted by molar-refractivity contribution is 7.77. The molecule has 1 heterocycles. The molecule has 0 aromatic heterocycles. The fraction of sp³-hybridized carbons (Fsp3) is 0.458. The summed E-state index contributed by atoms with van der Waals surface area (Å²) < 4.78 is 0. The number of allylic oxidation sites excluding steroid dienone is 4. The highest BCUT2D eigenvalue weighted by atomic mass is 31.2. The molecule has 1 N–H and O–H groups in total. The molecule has 1 amide bonds. The second-order valence-corrected chi connectivity index (χ2v) is 12.0.